The Morgan fingerprint density at radius 3 is 2.38 bits per heavy atom. The molecule has 1 heterocycles. The third kappa shape index (κ3) is 4.83. The number of rotatable bonds is 5. The van der Waals surface area contributed by atoms with E-state index in [4.69, 9.17) is 0 Å². The van der Waals surface area contributed by atoms with Crippen LogP contribution in [0.2, 0.25) is 0 Å². The summed E-state index contributed by atoms with van der Waals surface area (Å²) in [6, 6.07) is -0.732. The second-order valence-electron chi connectivity index (χ2n) is 5.99. The quantitative estimate of drug-likeness (QED) is 0.780. The minimum Gasteiger partial charge on any atom is -0.213 e. The van der Waals surface area contributed by atoms with Crippen molar-refractivity contribution >= 4 is 20.0 Å². The molecule has 2 rings (SSSR count). The second-order valence-corrected chi connectivity index (χ2v) is 9.78. The SMILES string of the molecule is CS(=O)(=O)N1CC(CS(=O)(=O)N[C@H]2CCCC(F)(F)C2)C1. The fraction of sp³-hybridized carbons (Fsp3) is 1.00. The van der Waals surface area contributed by atoms with Crippen LogP contribution in [0.15, 0.2) is 0 Å². The summed E-state index contributed by atoms with van der Waals surface area (Å²) in [4.78, 5) is 0. The monoisotopic (exact) mass is 346 g/mol. The van der Waals surface area contributed by atoms with Crippen molar-refractivity contribution in [1.82, 2.24) is 9.03 Å². The van der Waals surface area contributed by atoms with Gasteiger partial charge in [-0.15, -0.1) is 0 Å². The molecule has 21 heavy (non-hydrogen) atoms. The van der Waals surface area contributed by atoms with Gasteiger partial charge in [-0.3, -0.25) is 0 Å². The molecule has 2 fully saturated rings. The summed E-state index contributed by atoms with van der Waals surface area (Å²) in [6.45, 7) is 0.334. The van der Waals surface area contributed by atoms with E-state index in [1.807, 2.05) is 0 Å². The van der Waals surface area contributed by atoms with E-state index in [1.54, 1.807) is 0 Å². The van der Waals surface area contributed by atoms with Crippen LogP contribution in [0.4, 0.5) is 8.78 Å². The Hall–Kier alpha value is -0.320. The minimum absolute atomic E-state index is 0.167. The lowest BCUT2D eigenvalue weighted by Crippen LogP contribution is -2.53. The van der Waals surface area contributed by atoms with E-state index in [1.165, 1.54) is 4.31 Å². The molecule has 1 saturated carbocycles. The third-order valence-electron chi connectivity index (χ3n) is 3.83. The zero-order valence-corrected chi connectivity index (χ0v) is 13.4. The number of hydrogen-bond donors (Lipinski definition) is 1. The second kappa shape index (κ2) is 5.71. The van der Waals surface area contributed by atoms with Crippen molar-refractivity contribution in [2.75, 3.05) is 25.1 Å². The molecule has 0 bridgehead atoms. The van der Waals surface area contributed by atoms with Gasteiger partial charge in [-0.25, -0.2) is 34.6 Å². The van der Waals surface area contributed by atoms with Gasteiger partial charge < -0.3 is 0 Å². The van der Waals surface area contributed by atoms with Crippen molar-refractivity contribution in [2.24, 2.45) is 5.92 Å². The molecule has 1 atom stereocenters. The summed E-state index contributed by atoms with van der Waals surface area (Å²) < 4.78 is 76.3. The van der Waals surface area contributed by atoms with E-state index in [2.05, 4.69) is 4.72 Å². The predicted molar refractivity (Wildman–Crippen MR) is 74.0 cm³/mol. The molecule has 0 spiro atoms. The minimum atomic E-state index is -3.67. The van der Waals surface area contributed by atoms with Crippen molar-refractivity contribution in [3.8, 4) is 0 Å². The van der Waals surface area contributed by atoms with Crippen LogP contribution < -0.4 is 4.72 Å². The van der Waals surface area contributed by atoms with E-state index in [9.17, 15) is 25.6 Å². The van der Waals surface area contributed by atoms with Crippen LogP contribution in [0.1, 0.15) is 25.7 Å². The Balaban J connectivity index is 1.84. The summed E-state index contributed by atoms with van der Waals surface area (Å²) >= 11 is 0. The lowest BCUT2D eigenvalue weighted by atomic mass is 9.93. The van der Waals surface area contributed by atoms with Gasteiger partial charge in [0.1, 0.15) is 0 Å². The van der Waals surface area contributed by atoms with E-state index in [0.29, 0.717) is 12.8 Å². The lowest BCUT2D eigenvalue weighted by molar-refractivity contribution is -0.0414. The molecule has 1 N–H and O–H groups in total. The van der Waals surface area contributed by atoms with E-state index >= 15 is 0 Å². The molecule has 0 aromatic heterocycles. The van der Waals surface area contributed by atoms with Gasteiger partial charge in [0.25, 0.3) is 0 Å². The number of sulfonamides is 2. The fourth-order valence-corrected chi connectivity index (χ4v) is 5.38. The van der Waals surface area contributed by atoms with Crippen molar-refractivity contribution in [2.45, 2.75) is 37.6 Å². The Labute approximate surface area is 124 Å². The number of alkyl halides is 2. The van der Waals surface area contributed by atoms with Gasteiger partial charge in [0.15, 0.2) is 0 Å². The largest absolute Gasteiger partial charge is 0.249 e. The van der Waals surface area contributed by atoms with Crippen molar-refractivity contribution in [3.63, 3.8) is 0 Å². The van der Waals surface area contributed by atoms with E-state index in [-0.39, 0.29) is 31.2 Å². The highest BCUT2D eigenvalue weighted by Crippen LogP contribution is 2.33. The molecule has 0 unspecified atom stereocenters. The van der Waals surface area contributed by atoms with Gasteiger partial charge in [-0.05, 0) is 12.8 Å². The van der Waals surface area contributed by atoms with Crippen LogP contribution in [-0.4, -0.2) is 58.2 Å². The summed E-state index contributed by atoms with van der Waals surface area (Å²) in [6.07, 6.45) is 1.12. The number of nitrogens with one attached hydrogen (secondary N) is 1. The smallest absolute Gasteiger partial charge is 0.213 e. The zero-order valence-electron chi connectivity index (χ0n) is 11.8. The molecule has 0 aromatic carbocycles. The maximum absolute atomic E-state index is 13.2. The summed E-state index contributed by atoms with van der Waals surface area (Å²) in [5.41, 5.74) is 0. The molecular formula is C11H20F2N2O4S2. The molecule has 0 aromatic rings. The lowest BCUT2D eigenvalue weighted by Gasteiger charge is -2.37. The van der Waals surface area contributed by atoms with Gasteiger partial charge in [0.05, 0.1) is 12.0 Å². The number of hydrogen-bond acceptors (Lipinski definition) is 4. The van der Waals surface area contributed by atoms with Crippen LogP contribution in [0.25, 0.3) is 0 Å². The molecule has 124 valence electrons. The molecule has 6 nitrogen and oxygen atoms in total. The predicted octanol–water partition coefficient (Wildman–Crippen LogP) is 0.375. The van der Waals surface area contributed by atoms with E-state index in [0.717, 1.165) is 6.26 Å². The summed E-state index contributed by atoms with van der Waals surface area (Å²) in [5.74, 6) is -3.31. The van der Waals surface area contributed by atoms with Crippen molar-refractivity contribution < 1.29 is 25.6 Å². The van der Waals surface area contributed by atoms with Crippen LogP contribution >= 0.6 is 0 Å². The summed E-state index contributed by atoms with van der Waals surface area (Å²) in [7, 11) is -6.94. The zero-order chi connectivity index (χ0) is 15.9. The topological polar surface area (TPSA) is 83.6 Å². The maximum atomic E-state index is 13.2. The standard InChI is InChI=1S/C11H20F2N2O4S2/c1-20(16,17)15-6-9(7-15)8-21(18,19)14-10-3-2-4-11(12,13)5-10/h9-10,14H,2-8H2,1H3/t10-/m0/s1. The first-order valence-electron chi connectivity index (χ1n) is 6.80. The number of nitrogens with zero attached hydrogens (tertiary/aromatic N) is 1. The first-order chi connectivity index (χ1) is 9.47. The third-order valence-corrected chi connectivity index (χ3v) is 6.67. The first-order valence-corrected chi connectivity index (χ1v) is 10.3. The highest BCUT2D eigenvalue weighted by atomic mass is 32.2. The average Bonchev–Trinajstić information content (AvgIpc) is 2.18. The highest BCUT2D eigenvalue weighted by molar-refractivity contribution is 7.89. The van der Waals surface area contributed by atoms with Crippen molar-refractivity contribution in [3.05, 3.63) is 0 Å². The fourth-order valence-electron chi connectivity index (χ4n) is 2.78. The molecule has 1 saturated heterocycles. The van der Waals surface area contributed by atoms with Gasteiger partial charge in [-0.2, -0.15) is 0 Å². The molecule has 0 radical (unpaired) electrons. The summed E-state index contributed by atoms with van der Waals surface area (Å²) in [5, 5.41) is 0. The first kappa shape index (κ1) is 17.0. The van der Waals surface area contributed by atoms with Gasteiger partial charge >= 0.3 is 0 Å². The molecular weight excluding hydrogens is 326 g/mol. The van der Waals surface area contributed by atoms with Gasteiger partial charge in [0.2, 0.25) is 26.0 Å². The van der Waals surface area contributed by atoms with Gasteiger partial charge in [0, 0.05) is 37.9 Å². The molecule has 10 heteroatoms. The Kier molecular flexibility index (Phi) is 4.63. The Morgan fingerprint density at radius 2 is 1.86 bits per heavy atom. The molecule has 1 aliphatic heterocycles. The van der Waals surface area contributed by atoms with Gasteiger partial charge in [-0.1, -0.05) is 0 Å². The highest BCUT2D eigenvalue weighted by Gasteiger charge is 2.40. The van der Waals surface area contributed by atoms with E-state index < -0.39 is 38.4 Å². The molecule has 2 aliphatic rings. The normalized spacial score (nSPS) is 28.2. The number of halogens is 2. The molecule has 1 aliphatic carbocycles. The molecule has 0 amide bonds. The maximum Gasteiger partial charge on any atom is 0.249 e. The Morgan fingerprint density at radius 1 is 1.24 bits per heavy atom. The van der Waals surface area contributed by atoms with Crippen molar-refractivity contribution in [1.29, 1.82) is 0 Å². The van der Waals surface area contributed by atoms with Crippen LogP contribution in [-0.2, 0) is 20.0 Å². The Bertz CT molecular complexity index is 585. The average molecular weight is 346 g/mol. The van der Waals surface area contributed by atoms with Crippen LogP contribution in [0, 0.1) is 5.92 Å². The van der Waals surface area contributed by atoms with Crippen LogP contribution in [0.3, 0.4) is 0 Å². The van der Waals surface area contributed by atoms with Crippen LogP contribution in [0.5, 0.6) is 0 Å².